The van der Waals surface area contributed by atoms with E-state index in [2.05, 4.69) is 48.5 Å². The highest BCUT2D eigenvalue weighted by Gasteiger charge is 2.28. The molecule has 0 saturated carbocycles. The zero-order chi connectivity index (χ0) is 19.4. The number of likely N-dealkylation sites (tertiary alicyclic amines) is 1. The van der Waals surface area contributed by atoms with Crippen LogP contribution in [0.4, 0.5) is 0 Å². The Labute approximate surface area is 161 Å². The van der Waals surface area contributed by atoms with Crippen LogP contribution < -0.4 is 5.32 Å². The van der Waals surface area contributed by atoms with E-state index in [1.54, 1.807) is 0 Å². The summed E-state index contributed by atoms with van der Waals surface area (Å²) in [5.74, 6) is 0.445. The number of nitrogens with zero attached hydrogens (tertiary/aromatic N) is 4. The smallest absolute Gasteiger partial charge is 0.276 e. The van der Waals surface area contributed by atoms with Crippen molar-refractivity contribution in [3.8, 4) is 5.69 Å². The van der Waals surface area contributed by atoms with Gasteiger partial charge in [0, 0.05) is 19.1 Å². The second kappa shape index (κ2) is 8.65. The molecule has 1 N–H and O–H groups in total. The van der Waals surface area contributed by atoms with Gasteiger partial charge in [-0.25, -0.2) is 4.68 Å². The zero-order valence-corrected chi connectivity index (χ0v) is 16.9. The van der Waals surface area contributed by atoms with Crippen molar-refractivity contribution in [3.63, 3.8) is 0 Å². The first-order chi connectivity index (χ1) is 13.0. The lowest BCUT2D eigenvalue weighted by atomic mass is 10.0. The van der Waals surface area contributed by atoms with E-state index in [1.807, 2.05) is 28.8 Å². The fourth-order valence-electron chi connectivity index (χ4n) is 3.70. The molecule has 27 heavy (non-hydrogen) atoms. The summed E-state index contributed by atoms with van der Waals surface area (Å²) in [6.45, 7) is 8.00. The van der Waals surface area contributed by atoms with Crippen molar-refractivity contribution < 1.29 is 4.79 Å². The Bertz CT molecular complexity index is 783. The van der Waals surface area contributed by atoms with Gasteiger partial charge in [0.2, 0.25) is 0 Å². The molecule has 0 radical (unpaired) electrons. The fourth-order valence-corrected chi connectivity index (χ4v) is 3.70. The van der Waals surface area contributed by atoms with Gasteiger partial charge in [-0.05, 0) is 49.9 Å². The number of nitrogens with one attached hydrogen (secondary N) is 1. The number of aromatic nitrogens is 3. The molecule has 1 atom stereocenters. The van der Waals surface area contributed by atoms with Gasteiger partial charge < -0.3 is 10.2 Å². The van der Waals surface area contributed by atoms with E-state index in [1.165, 1.54) is 5.56 Å². The van der Waals surface area contributed by atoms with Gasteiger partial charge in [0.05, 0.1) is 11.4 Å². The molecule has 146 valence electrons. The fraction of sp³-hybridized carbons (Fsp3) is 0.571. The molecule has 1 unspecified atom stereocenters. The maximum atomic E-state index is 13.2. The molecule has 1 aromatic heterocycles. The minimum Gasteiger partial charge on any atom is -0.336 e. The van der Waals surface area contributed by atoms with E-state index in [9.17, 15) is 4.79 Å². The Kier molecular flexibility index (Phi) is 6.26. The van der Waals surface area contributed by atoms with Crippen LogP contribution in [0.2, 0.25) is 0 Å². The molecule has 6 nitrogen and oxygen atoms in total. The Morgan fingerprint density at radius 3 is 2.89 bits per heavy atom. The number of benzene rings is 1. The van der Waals surface area contributed by atoms with Gasteiger partial charge in [0.25, 0.3) is 5.91 Å². The molecule has 2 aromatic rings. The number of piperidine rings is 1. The first-order valence-corrected chi connectivity index (χ1v) is 10.1. The molecule has 1 amide bonds. The second-order valence-electron chi connectivity index (χ2n) is 7.68. The van der Waals surface area contributed by atoms with Crippen LogP contribution in [0.15, 0.2) is 24.3 Å². The highest BCUT2D eigenvalue weighted by atomic mass is 16.2. The number of hydrogen-bond acceptors (Lipinski definition) is 4. The molecule has 1 saturated heterocycles. The predicted molar refractivity (Wildman–Crippen MR) is 107 cm³/mol. The summed E-state index contributed by atoms with van der Waals surface area (Å²) < 4.78 is 1.85. The van der Waals surface area contributed by atoms with Crippen LogP contribution in [0.1, 0.15) is 67.7 Å². The average Bonchev–Trinajstić information content (AvgIpc) is 3.11. The normalized spacial score (nSPS) is 17.5. The van der Waals surface area contributed by atoms with E-state index < -0.39 is 0 Å². The van der Waals surface area contributed by atoms with Crippen molar-refractivity contribution in [2.24, 2.45) is 0 Å². The van der Waals surface area contributed by atoms with E-state index in [0.29, 0.717) is 17.7 Å². The van der Waals surface area contributed by atoms with Crippen molar-refractivity contribution in [3.05, 3.63) is 41.2 Å². The summed E-state index contributed by atoms with van der Waals surface area (Å²) in [5.41, 5.74) is 3.65. The third kappa shape index (κ3) is 4.21. The van der Waals surface area contributed by atoms with Crippen LogP contribution in [0, 0.1) is 0 Å². The molecule has 1 aromatic carbocycles. The van der Waals surface area contributed by atoms with Gasteiger partial charge >= 0.3 is 0 Å². The summed E-state index contributed by atoms with van der Waals surface area (Å²) in [6, 6.07) is 8.71. The lowest BCUT2D eigenvalue weighted by Gasteiger charge is -2.32. The molecule has 2 heterocycles. The highest BCUT2D eigenvalue weighted by molar-refractivity contribution is 5.93. The third-order valence-corrected chi connectivity index (χ3v) is 5.35. The lowest BCUT2D eigenvalue weighted by molar-refractivity contribution is 0.0691. The molecular formula is C21H31N5O. The number of likely N-dealkylation sites (N-methyl/N-ethyl adjacent to an activating group) is 1. The number of amides is 1. The van der Waals surface area contributed by atoms with Crippen LogP contribution in [-0.4, -0.2) is 52.0 Å². The van der Waals surface area contributed by atoms with Gasteiger partial charge in [-0.1, -0.05) is 44.5 Å². The molecule has 1 aliphatic rings. The van der Waals surface area contributed by atoms with E-state index >= 15 is 0 Å². The second-order valence-corrected chi connectivity index (χ2v) is 7.68. The molecular weight excluding hydrogens is 338 g/mol. The minimum atomic E-state index is 0.00432. The number of carbonyl (C=O) groups is 1. The zero-order valence-electron chi connectivity index (χ0n) is 16.9. The number of hydrogen-bond donors (Lipinski definition) is 1. The lowest BCUT2D eigenvalue weighted by Crippen LogP contribution is -2.47. The standard InChI is InChI=1S/C21H31N5O/c1-5-8-19-20(21(27)25-12-7-10-17(14-25)22-4)23-24-26(19)18-11-6-9-16(13-18)15(2)3/h6,9,11,13,15,17,22H,5,7-8,10,12,14H2,1-4H3. The number of rotatable bonds is 6. The Morgan fingerprint density at radius 2 is 2.19 bits per heavy atom. The molecule has 6 heteroatoms. The van der Waals surface area contributed by atoms with Crippen molar-refractivity contribution in [2.75, 3.05) is 20.1 Å². The van der Waals surface area contributed by atoms with Gasteiger partial charge in [-0.15, -0.1) is 5.10 Å². The maximum absolute atomic E-state index is 13.2. The molecule has 1 aliphatic heterocycles. The molecule has 0 bridgehead atoms. The SMILES string of the molecule is CCCc1c(C(=O)N2CCCC(NC)C2)nnn1-c1cccc(C(C)C)c1. The van der Waals surface area contributed by atoms with Gasteiger partial charge in [0.1, 0.15) is 0 Å². The highest BCUT2D eigenvalue weighted by Crippen LogP contribution is 2.22. The maximum Gasteiger partial charge on any atom is 0.276 e. The van der Waals surface area contributed by atoms with Crippen molar-refractivity contribution in [1.82, 2.24) is 25.2 Å². The summed E-state index contributed by atoms with van der Waals surface area (Å²) in [7, 11) is 1.96. The van der Waals surface area contributed by atoms with Crippen LogP contribution >= 0.6 is 0 Å². The summed E-state index contributed by atoms with van der Waals surface area (Å²) in [5, 5.41) is 12.0. The summed E-state index contributed by atoms with van der Waals surface area (Å²) in [6.07, 6.45) is 3.85. The van der Waals surface area contributed by atoms with E-state index in [0.717, 1.165) is 50.2 Å². The van der Waals surface area contributed by atoms with Gasteiger partial charge in [-0.3, -0.25) is 4.79 Å². The summed E-state index contributed by atoms with van der Waals surface area (Å²) >= 11 is 0. The van der Waals surface area contributed by atoms with Crippen LogP contribution in [0.3, 0.4) is 0 Å². The van der Waals surface area contributed by atoms with Crippen molar-refractivity contribution in [2.45, 2.75) is 58.4 Å². The first-order valence-electron chi connectivity index (χ1n) is 10.1. The molecule has 0 aliphatic carbocycles. The van der Waals surface area contributed by atoms with E-state index in [-0.39, 0.29) is 5.91 Å². The largest absolute Gasteiger partial charge is 0.336 e. The molecule has 0 spiro atoms. The molecule has 1 fully saturated rings. The Hall–Kier alpha value is -2.21. The van der Waals surface area contributed by atoms with E-state index in [4.69, 9.17) is 0 Å². The Morgan fingerprint density at radius 1 is 1.37 bits per heavy atom. The minimum absolute atomic E-state index is 0.00432. The molecule has 3 rings (SSSR count). The summed E-state index contributed by atoms with van der Waals surface area (Å²) in [4.78, 5) is 15.1. The number of carbonyl (C=O) groups excluding carboxylic acids is 1. The topological polar surface area (TPSA) is 63.1 Å². The quantitative estimate of drug-likeness (QED) is 0.849. The van der Waals surface area contributed by atoms with Crippen molar-refractivity contribution in [1.29, 1.82) is 0 Å². The first kappa shape index (κ1) is 19.5. The third-order valence-electron chi connectivity index (χ3n) is 5.35. The van der Waals surface area contributed by atoms with Gasteiger partial charge in [0.15, 0.2) is 5.69 Å². The average molecular weight is 370 g/mol. The van der Waals surface area contributed by atoms with Crippen molar-refractivity contribution >= 4 is 5.91 Å². The predicted octanol–water partition coefficient (Wildman–Crippen LogP) is 3.17. The van der Waals surface area contributed by atoms with Crippen LogP contribution in [0.5, 0.6) is 0 Å². The van der Waals surface area contributed by atoms with Crippen LogP contribution in [0.25, 0.3) is 5.69 Å². The van der Waals surface area contributed by atoms with Crippen LogP contribution in [-0.2, 0) is 6.42 Å². The monoisotopic (exact) mass is 369 g/mol. The van der Waals surface area contributed by atoms with Gasteiger partial charge in [-0.2, -0.15) is 0 Å². The Balaban J connectivity index is 1.93.